The summed E-state index contributed by atoms with van der Waals surface area (Å²) in [6.07, 6.45) is 0. The van der Waals surface area contributed by atoms with Crippen LogP contribution in [-0.4, -0.2) is 10.5 Å². The molecule has 2 rings (SSSR count). The number of rotatable bonds is 1. The molecule has 1 aromatic carbocycles. The highest BCUT2D eigenvalue weighted by Crippen LogP contribution is 2.22. The Kier molecular flexibility index (Phi) is 2.36. The third-order valence-corrected chi connectivity index (χ3v) is 2.52. The first-order valence-corrected chi connectivity index (χ1v) is 4.59. The molecule has 1 heterocycles. The SMILES string of the molecule is Cn1c(C(=O)OF)cc2ccc(Cl)cc21. The van der Waals surface area contributed by atoms with Gasteiger partial charge in [0.05, 0.1) is 0 Å². The largest absolute Gasteiger partial charge is 0.395 e. The Balaban J connectivity index is 2.69. The third-order valence-electron chi connectivity index (χ3n) is 2.29. The number of hydrogen-bond donors (Lipinski definition) is 0. The van der Waals surface area contributed by atoms with Crippen molar-refractivity contribution in [2.45, 2.75) is 0 Å². The minimum atomic E-state index is -1.01. The number of fused-ring (bicyclic) bond motifs is 1. The number of aryl methyl sites for hydroxylation is 1. The van der Waals surface area contributed by atoms with Gasteiger partial charge in [0, 0.05) is 27.5 Å². The molecule has 2 aromatic rings. The highest BCUT2D eigenvalue weighted by molar-refractivity contribution is 6.31. The molecule has 1 aromatic heterocycles. The summed E-state index contributed by atoms with van der Waals surface area (Å²) in [5.74, 6) is -1.01. The van der Waals surface area contributed by atoms with E-state index in [2.05, 4.69) is 4.94 Å². The van der Waals surface area contributed by atoms with Crippen LogP contribution >= 0.6 is 11.6 Å². The lowest BCUT2D eigenvalue weighted by Crippen LogP contribution is -2.05. The Bertz CT molecular complexity index is 535. The molecule has 0 spiro atoms. The van der Waals surface area contributed by atoms with Gasteiger partial charge in [0.25, 0.3) is 0 Å². The number of benzene rings is 1. The van der Waals surface area contributed by atoms with Crippen molar-refractivity contribution >= 4 is 28.5 Å². The number of carbonyl (C=O) groups excluding carboxylic acids is 1. The van der Waals surface area contributed by atoms with E-state index in [-0.39, 0.29) is 5.69 Å². The summed E-state index contributed by atoms with van der Waals surface area (Å²) < 4.78 is 13.3. The van der Waals surface area contributed by atoms with Crippen molar-refractivity contribution in [3.05, 3.63) is 35.0 Å². The molecule has 0 saturated carbocycles. The molecular weight excluding hydrogens is 221 g/mol. The third kappa shape index (κ3) is 1.57. The van der Waals surface area contributed by atoms with Crippen LogP contribution in [0.3, 0.4) is 0 Å². The molecule has 78 valence electrons. The summed E-state index contributed by atoms with van der Waals surface area (Å²) in [6.45, 7) is 0. The van der Waals surface area contributed by atoms with Gasteiger partial charge in [0.1, 0.15) is 5.69 Å². The molecule has 3 nitrogen and oxygen atoms in total. The van der Waals surface area contributed by atoms with E-state index in [0.29, 0.717) is 5.02 Å². The van der Waals surface area contributed by atoms with Crippen LogP contribution in [0.4, 0.5) is 4.53 Å². The maximum absolute atomic E-state index is 11.8. The highest BCUT2D eigenvalue weighted by Gasteiger charge is 2.15. The zero-order chi connectivity index (χ0) is 11.0. The fraction of sp³-hybridized carbons (Fsp3) is 0.100. The van der Waals surface area contributed by atoms with Gasteiger partial charge in [0.2, 0.25) is 0 Å². The van der Waals surface area contributed by atoms with E-state index in [4.69, 9.17) is 11.6 Å². The van der Waals surface area contributed by atoms with Crippen molar-refractivity contribution in [2.75, 3.05) is 0 Å². The fourth-order valence-electron chi connectivity index (χ4n) is 1.54. The number of carbonyl (C=O) groups is 1. The second-order valence-corrected chi connectivity index (χ2v) is 3.59. The summed E-state index contributed by atoms with van der Waals surface area (Å²) in [6, 6.07) is 6.71. The van der Waals surface area contributed by atoms with Crippen LogP contribution < -0.4 is 0 Å². The van der Waals surface area contributed by atoms with E-state index in [1.165, 1.54) is 4.57 Å². The molecule has 0 amide bonds. The summed E-state index contributed by atoms with van der Waals surface area (Å²) in [5.41, 5.74) is 0.901. The quantitative estimate of drug-likeness (QED) is 0.750. The lowest BCUT2D eigenvalue weighted by Gasteiger charge is -1.99. The van der Waals surface area contributed by atoms with Gasteiger partial charge in [-0.25, -0.2) is 9.74 Å². The Labute approximate surface area is 89.9 Å². The van der Waals surface area contributed by atoms with Gasteiger partial charge < -0.3 is 4.57 Å². The summed E-state index contributed by atoms with van der Waals surface area (Å²) >= 11 is 5.81. The molecule has 0 N–H and O–H groups in total. The second-order valence-electron chi connectivity index (χ2n) is 3.16. The van der Waals surface area contributed by atoms with Gasteiger partial charge in [-0.15, -0.1) is 0 Å². The Morgan fingerprint density at radius 2 is 2.20 bits per heavy atom. The van der Waals surface area contributed by atoms with E-state index >= 15 is 0 Å². The Morgan fingerprint density at radius 3 is 2.87 bits per heavy atom. The lowest BCUT2D eigenvalue weighted by atomic mass is 10.2. The minimum Gasteiger partial charge on any atom is -0.338 e. The van der Waals surface area contributed by atoms with Crippen LogP contribution in [-0.2, 0) is 12.0 Å². The van der Waals surface area contributed by atoms with Crippen molar-refractivity contribution in [3.63, 3.8) is 0 Å². The second kappa shape index (κ2) is 3.55. The van der Waals surface area contributed by atoms with Gasteiger partial charge in [-0.1, -0.05) is 17.7 Å². The molecular formula is C10H7ClFNO2. The highest BCUT2D eigenvalue weighted by atomic mass is 35.5. The summed E-state index contributed by atoms with van der Waals surface area (Å²) in [7, 11) is 1.64. The van der Waals surface area contributed by atoms with E-state index in [1.807, 2.05) is 0 Å². The zero-order valence-corrected chi connectivity index (χ0v) is 8.58. The lowest BCUT2D eigenvalue weighted by molar-refractivity contribution is -0.0795. The summed E-state index contributed by atoms with van der Waals surface area (Å²) in [4.78, 5) is 14.2. The molecule has 0 aliphatic rings. The average Bonchev–Trinajstić information content (AvgIpc) is 2.55. The van der Waals surface area contributed by atoms with E-state index in [9.17, 15) is 9.32 Å². The maximum atomic E-state index is 11.8. The van der Waals surface area contributed by atoms with Crippen molar-refractivity contribution in [1.82, 2.24) is 4.57 Å². The van der Waals surface area contributed by atoms with Crippen LogP contribution in [0.1, 0.15) is 10.5 Å². The first-order chi connectivity index (χ1) is 7.13. The van der Waals surface area contributed by atoms with Crippen molar-refractivity contribution in [1.29, 1.82) is 0 Å². The minimum absolute atomic E-state index is 0.148. The van der Waals surface area contributed by atoms with Crippen LogP contribution in [0.5, 0.6) is 0 Å². The van der Waals surface area contributed by atoms with Gasteiger partial charge in [0.15, 0.2) is 0 Å². The van der Waals surface area contributed by atoms with Gasteiger partial charge in [-0.2, -0.15) is 0 Å². The van der Waals surface area contributed by atoms with E-state index < -0.39 is 5.97 Å². The topological polar surface area (TPSA) is 31.2 Å². The predicted octanol–water partition coefficient (Wildman–Crippen LogP) is 2.87. The van der Waals surface area contributed by atoms with Crippen molar-refractivity contribution in [3.8, 4) is 0 Å². The molecule has 0 aliphatic heterocycles. The number of nitrogens with zero attached hydrogens (tertiary/aromatic N) is 1. The first-order valence-electron chi connectivity index (χ1n) is 4.21. The predicted molar refractivity (Wildman–Crippen MR) is 54.5 cm³/mol. The summed E-state index contributed by atoms with van der Waals surface area (Å²) in [5, 5.41) is 1.37. The Hall–Kier alpha value is -1.55. The molecule has 0 unspecified atom stereocenters. The number of aromatic nitrogens is 1. The average molecular weight is 228 g/mol. The molecule has 5 heteroatoms. The van der Waals surface area contributed by atoms with Gasteiger partial charge in [-0.05, 0) is 18.2 Å². The molecule has 0 atom stereocenters. The van der Waals surface area contributed by atoms with Crippen molar-refractivity contribution < 1.29 is 14.3 Å². The standard InChI is InChI=1S/C10H7ClFNO2/c1-13-8-5-7(11)3-2-6(8)4-9(13)10(14)15-12/h2-5H,1H3. The smallest absolute Gasteiger partial charge is 0.338 e. The normalized spacial score (nSPS) is 10.6. The van der Waals surface area contributed by atoms with Gasteiger partial charge in [-0.3, -0.25) is 0 Å². The fourth-order valence-corrected chi connectivity index (χ4v) is 1.70. The molecule has 15 heavy (non-hydrogen) atoms. The zero-order valence-electron chi connectivity index (χ0n) is 7.83. The molecule has 0 saturated heterocycles. The van der Waals surface area contributed by atoms with Crippen LogP contribution in [0, 0.1) is 0 Å². The Morgan fingerprint density at radius 1 is 1.47 bits per heavy atom. The van der Waals surface area contributed by atoms with Gasteiger partial charge >= 0.3 is 5.97 Å². The van der Waals surface area contributed by atoms with Crippen LogP contribution in [0.25, 0.3) is 10.9 Å². The number of halogens is 2. The van der Waals surface area contributed by atoms with E-state index in [1.54, 1.807) is 31.3 Å². The molecule has 0 fully saturated rings. The number of hydrogen-bond acceptors (Lipinski definition) is 2. The van der Waals surface area contributed by atoms with E-state index in [0.717, 1.165) is 10.9 Å². The molecule has 0 aliphatic carbocycles. The van der Waals surface area contributed by atoms with Crippen molar-refractivity contribution in [2.24, 2.45) is 7.05 Å². The van der Waals surface area contributed by atoms with Crippen LogP contribution in [0.2, 0.25) is 5.02 Å². The van der Waals surface area contributed by atoms with Crippen LogP contribution in [0.15, 0.2) is 24.3 Å². The molecule has 0 bridgehead atoms. The first kappa shape index (κ1) is 9.98. The monoisotopic (exact) mass is 227 g/mol. The molecule has 0 radical (unpaired) electrons. The maximum Gasteiger partial charge on any atom is 0.395 e.